The Balaban J connectivity index is 3.12. The number of carbonyl (C=O) groups is 1. The van der Waals surface area contributed by atoms with E-state index in [0.717, 1.165) is 38.9 Å². The summed E-state index contributed by atoms with van der Waals surface area (Å²) in [6.07, 6.45) is 5.49. The van der Waals surface area contributed by atoms with Gasteiger partial charge in [0.2, 0.25) is 0 Å². The van der Waals surface area contributed by atoms with Crippen LogP contribution in [0.2, 0.25) is 0 Å². The Labute approximate surface area is 99.5 Å². The lowest BCUT2D eigenvalue weighted by Crippen LogP contribution is -2.08. The molecule has 3 heteroatoms. The van der Waals surface area contributed by atoms with Crippen LogP contribution in [0.4, 0.5) is 0 Å². The van der Waals surface area contributed by atoms with Gasteiger partial charge in [-0.1, -0.05) is 26.7 Å². The number of rotatable bonds is 12. The highest BCUT2D eigenvalue weighted by Crippen LogP contribution is 1.95. The van der Waals surface area contributed by atoms with Crippen LogP contribution in [0.5, 0.6) is 0 Å². The van der Waals surface area contributed by atoms with E-state index in [4.69, 9.17) is 9.47 Å². The molecule has 0 saturated heterocycles. The molecule has 3 nitrogen and oxygen atoms in total. The predicted molar refractivity (Wildman–Crippen MR) is 65.7 cm³/mol. The molecule has 0 unspecified atom stereocenters. The third-order valence-corrected chi connectivity index (χ3v) is 2.33. The lowest BCUT2D eigenvalue weighted by atomic mass is 10.2. The van der Waals surface area contributed by atoms with Crippen LogP contribution < -0.4 is 0 Å². The molecule has 0 aromatic heterocycles. The number of unbranched alkanes of at least 4 members (excludes halogenated alkanes) is 2. The molecule has 0 spiro atoms. The number of ketones is 1. The number of hydrogen-bond donors (Lipinski definition) is 0. The normalized spacial score (nSPS) is 10.6. The summed E-state index contributed by atoms with van der Waals surface area (Å²) < 4.78 is 10.7. The van der Waals surface area contributed by atoms with Crippen molar-refractivity contribution in [1.29, 1.82) is 0 Å². The predicted octanol–water partition coefficient (Wildman–Crippen LogP) is 2.97. The van der Waals surface area contributed by atoms with Gasteiger partial charge in [-0.25, -0.2) is 0 Å². The standard InChI is InChI=1S/C13H26O3/c1-3-5-9-15-11-7-13(14)8-12-16-10-6-4-2/h3-12H2,1-2H3. The average molecular weight is 230 g/mol. The van der Waals surface area contributed by atoms with Gasteiger partial charge in [-0.15, -0.1) is 0 Å². The highest BCUT2D eigenvalue weighted by Gasteiger charge is 2.01. The van der Waals surface area contributed by atoms with Gasteiger partial charge in [0.05, 0.1) is 13.2 Å². The molecule has 0 aromatic carbocycles. The Bertz CT molecular complexity index is 141. The molecule has 0 aromatic rings. The van der Waals surface area contributed by atoms with Crippen LogP contribution in [-0.4, -0.2) is 32.2 Å². The summed E-state index contributed by atoms with van der Waals surface area (Å²) in [6, 6.07) is 0. The number of carbonyl (C=O) groups excluding carboxylic acids is 1. The largest absolute Gasteiger partial charge is 0.381 e. The van der Waals surface area contributed by atoms with Gasteiger partial charge in [0.15, 0.2) is 0 Å². The van der Waals surface area contributed by atoms with Gasteiger partial charge in [0, 0.05) is 26.1 Å². The van der Waals surface area contributed by atoms with E-state index in [-0.39, 0.29) is 5.78 Å². The van der Waals surface area contributed by atoms with Crippen molar-refractivity contribution in [1.82, 2.24) is 0 Å². The van der Waals surface area contributed by atoms with E-state index >= 15 is 0 Å². The summed E-state index contributed by atoms with van der Waals surface area (Å²) in [5.41, 5.74) is 0. The molecule has 0 radical (unpaired) electrons. The van der Waals surface area contributed by atoms with Gasteiger partial charge >= 0.3 is 0 Å². The zero-order valence-corrected chi connectivity index (χ0v) is 10.8. The summed E-state index contributed by atoms with van der Waals surface area (Å²) >= 11 is 0. The first kappa shape index (κ1) is 15.6. The second-order valence-electron chi connectivity index (χ2n) is 3.97. The molecule has 0 fully saturated rings. The third kappa shape index (κ3) is 11.7. The maximum absolute atomic E-state index is 11.3. The zero-order chi connectivity index (χ0) is 12.1. The van der Waals surface area contributed by atoms with Crippen molar-refractivity contribution >= 4 is 5.78 Å². The van der Waals surface area contributed by atoms with Gasteiger partial charge in [0.1, 0.15) is 5.78 Å². The van der Waals surface area contributed by atoms with E-state index in [1.54, 1.807) is 0 Å². The van der Waals surface area contributed by atoms with E-state index < -0.39 is 0 Å². The molecule has 16 heavy (non-hydrogen) atoms. The van der Waals surface area contributed by atoms with E-state index in [1.807, 2.05) is 0 Å². The molecule has 0 aliphatic carbocycles. The third-order valence-electron chi connectivity index (χ3n) is 2.33. The summed E-state index contributed by atoms with van der Waals surface area (Å²) in [5, 5.41) is 0. The van der Waals surface area contributed by atoms with Crippen molar-refractivity contribution in [2.45, 2.75) is 52.4 Å². The molecule has 0 aliphatic rings. The van der Waals surface area contributed by atoms with Crippen molar-refractivity contribution in [2.75, 3.05) is 26.4 Å². The average Bonchev–Trinajstić information content (AvgIpc) is 2.28. The Kier molecular flexibility index (Phi) is 12.3. The van der Waals surface area contributed by atoms with Crippen molar-refractivity contribution in [3.05, 3.63) is 0 Å². The monoisotopic (exact) mass is 230 g/mol. The fraction of sp³-hybridized carbons (Fsp3) is 0.923. The summed E-state index contributed by atoms with van der Waals surface area (Å²) in [7, 11) is 0. The minimum atomic E-state index is 0.244. The van der Waals surface area contributed by atoms with Gasteiger partial charge in [-0.05, 0) is 12.8 Å². The molecule has 0 aliphatic heterocycles. The molecular weight excluding hydrogens is 204 g/mol. The van der Waals surface area contributed by atoms with E-state index in [2.05, 4.69) is 13.8 Å². The first-order chi connectivity index (χ1) is 7.81. The minimum absolute atomic E-state index is 0.244. The molecule has 0 N–H and O–H groups in total. The molecule has 0 saturated carbocycles. The lowest BCUT2D eigenvalue weighted by Gasteiger charge is -2.04. The van der Waals surface area contributed by atoms with Crippen LogP contribution in [0, 0.1) is 0 Å². The highest BCUT2D eigenvalue weighted by atomic mass is 16.5. The fourth-order valence-electron chi connectivity index (χ4n) is 1.19. The molecule has 0 rings (SSSR count). The zero-order valence-electron chi connectivity index (χ0n) is 10.8. The van der Waals surface area contributed by atoms with Gasteiger partial charge in [-0.2, -0.15) is 0 Å². The maximum Gasteiger partial charge on any atom is 0.137 e. The highest BCUT2D eigenvalue weighted by molar-refractivity contribution is 5.78. The van der Waals surface area contributed by atoms with E-state index in [0.29, 0.717) is 26.1 Å². The van der Waals surface area contributed by atoms with Crippen LogP contribution in [0.15, 0.2) is 0 Å². The van der Waals surface area contributed by atoms with Crippen LogP contribution >= 0.6 is 0 Å². The molecule has 0 heterocycles. The smallest absolute Gasteiger partial charge is 0.137 e. The Morgan fingerprint density at radius 1 is 0.812 bits per heavy atom. The SMILES string of the molecule is CCCCOCCC(=O)CCOCCCC. The summed E-state index contributed by atoms with van der Waals surface area (Å²) in [4.78, 5) is 11.3. The second-order valence-corrected chi connectivity index (χ2v) is 3.97. The molecule has 0 bridgehead atoms. The maximum atomic E-state index is 11.3. The molecule has 96 valence electrons. The van der Waals surface area contributed by atoms with Crippen molar-refractivity contribution in [3.8, 4) is 0 Å². The Morgan fingerprint density at radius 2 is 1.25 bits per heavy atom. The van der Waals surface area contributed by atoms with Gasteiger partial charge < -0.3 is 9.47 Å². The van der Waals surface area contributed by atoms with Crippen LogP contribution in [0.3, 0.4) is 0 Å². The lowest BCUT2D eigenvalue weighted by molar-refractivity contribution is -0.121. The summed E-state index contributed by atoms with van der Waals surface area (Å²) in [5.74, 6) is 0.244. The first-order valence-electron chi connectivity index (χ1n) is 6.48. The number of Topliss-reactive ketones (excluding diaryl/α,β-unsaturated/α-hetero) is 1. The van der Waals surface area contributed by atoms with Crippen LogP contribution in [0.1, 0.15) is 52.4 Å². The van der Waals surface area contributed by atoms with Crippen molar-refractivity contribution in [3.63, 3.8) is 0 Å². The van der Waals surface area contributed by atoms with Crippen LogP contribution in [-0.2, 0) is 14.3 Å². The first-order valence-corrected chi connectivity index (χ1v) is 6.48. The molecular formula is C13H26O3. The number of hydrogen-bond acceptors (Lipinski definition) is 3. The van der Waals surface area contributed by atoms with E-state index in [9.17, 15) is 4.79 Å². The summed E-state index contributed by atoms with van der Waals surface area (Å²) in [6.45, 7) is 6.93. The number of ether oxygens (including phenoxy) is 2. The Hall–Kier alpha value is -0.410. The van der Waals surface area contributed by atoms with Crippen molar-refractivity contribution < 1.29 is 14.3 Å². The van der Waals surface area contributed by atoms with Gasteiger partial charge in [-0.3, -0.25) is 4.79 Å². The second kappa shape index (κ2) is 12.7. The topological polar surface area (TPSA) is 35.5 Å². The van der Waals surface area contributed by atoms with Crippen LogP contribution in [0.25, 0.3) is 0 Å². The van der Waals surface area contributed by atoms with E-state index in [1.165, 1.54) is 0 Å². The van der Waals surface area contributed by atoms with Gasteiger partial charge in [0.25, 0.3) is 0 Å². The molecule has 0 atom stereocenters. The quantitative estimate of drug-likeness (QED) is 0.483. The minimum Gasteiger partial charge on any atom is -0.381 e. The molecule has 0 amide bonds. The van der Waals surface area contributed by atoms with Crippen molar-refractivity contribution in [2.24, 2.45) is 0 Å². The Morgan fingerprint density at radius 3 is 1.62 bits per heavy atom. The fourth-order valence-corrected chi connectivity index (χ4v) is 1.19.